The zero-order valence-corrected chi connectivity index (χ0v) is 13.3. The molecule has 23 heavy (non-hydrogen) atoms. The summed E-state index contributed by atoms with van der Waals surface area (Å²) in [6, 6.07) is 17.3. The van der Waals surface area contributed by atoms with Gasteiger partial charge in [-0.3, -0.25) is 0 Å². The minimum absolute atomic E-state index is 0.0264. The highest BCUT2D eigenvalue weighted by Crippen LogP contribution is 2.10. The fourth-order valence-corrected chi connectivity index (χ4v) is 2.27. The van der Waals surface area contributed by atoms with E-state index in [0.717, 1.165) is 23.4 Å². The molecule has 0 saturated heterocycles. The number of rotatable bonds is 7. The van der Waals surface area contributed by atoms with Crippen LogP contribution in [0.25, 0.3) is 0 Å². The van der Waals surface area contributed by atoms with Crippen LogP contribution >= 0.6 is 0 Å². The smallest absolute Gasteiger partial charge is 0.315 e. The molecule has 2 amide bonds. The molecule has 0 unspecified atom stereocenters. The molecule has 0 aliphatic rings. The number of hydrogen-bond donors (Lipinski definition) is 3. The van der Waals surface area contributed by atoms with E-state index in [2.05, 4.69) is 15.5 Å². The van der Waals surface area contributed by atoms with Gasteiger partial charge in [-0.1, -0.05) is 42.5 Å². The monoisotopic (exact) mass is 313 g/mol. The van der Waals surface area contributed by atoms with Gasteiger partial charge < -0.3 is 20.6 Å². The predicted molar refractivity (Wildman–Crippen MR) is 92.3 cm³/mol. The number of likely N-dealkylation sites (N-methyl/N-ethyl adjacent to an activating group) is 1. The molecular weight excluding hydrogens is 290 g/mol. The van der Waals surface area contributed by atoms with Crippen molar-refractivity contribution < 1.29 is 9.90 Å². The minimum atomic E-state index is -0.209. The summed E-state index contributed by atoms with van der Waals surface area (Å²) in [4.78, 5) is 13.9. The number of carbonyl (C=O) groups is 1. The number of amides is 2. The van der Waals surface area contributed by atoms with Gasteiger partial charge in [-0.25, -0.2) is 4.79 Å². The number of benzene rings is 2. The van der Waals surface area contributed by atoms with E-state index >= 15 is 0 Å². The van der Waals surface area contributed by atoms with E-state index in [9.17, 15) is 9.90 Å². The molecule has 0 spiro atoms. The SMILES string of the molecule is CN(CCNC(=O)NCc1ccccc1CO)c1ccccc1. The van der Waals surface area contributed by atoms with E-state index in [1.54, 1.807) is 0 Å². The lowest BCUT2D eigenvalue weighted by atomic mass is 10.1. The highest BCUT2D eigenvalue weighted by molar-refractivity contribution is 5.73. The Morgan fingerprint density at radius 1 is 1.00 bits per heavy atom. The Balaban J connectivity index is 1.71. The minimum Gasteiger partial charge on any atom is -0.392 e. The van der Waals surface area contributed by atoms with Crippen molar-refractivity contribution in [1.29, 1.82) is 0 Å². The Bertz CT molecular complexity index is 617. The van der Waals surface area contributed by atoms with E-state index in [1.807, 2.05) is 61.6 Å². The lowest BCUT2D eigenvalue weighted by Crippen LogP contribution is -2.39. The van der Waals surface area contributed by atoms with Crippen LogP contribution < -0.4 is 15.5 Å². The summed E-state index contributed by atoms with van der Waals surface area (Å²) in [6.45, 7) is 1.65. The van der Waals surface area contributed by atoms with Gasteiger partial charge in [0.05, 0.1) is 6.61 Å². The van der Waals surface area contributed by atoms with Crippen LogP contribution in [0, 0.1) is 0 Å². The summed E-state index contributed by atoms with van der Waals surface area (Å²) in [7, 11) is 1.99. The van der Waals surface area contributed by atoms with Crippen molar-refractivity contribution in [2.24, 2.45) is 0 Å². The molecule has 0 aliphatic carbocycles. The van der Waals surface area contributed by atoms with Gasteiger partial charge in [0.15, 0.2) is 0 Å². The molecule has 0 radical (unpaired) electrons. The average molecular weight is 313 g/mol. The van der Waals surface area contributed by atoms with Crippen LogP contribution in [0.3, 0.4) is 0 Å². The number of nitrogens with one attached hydrogen (secondary N) is 2. The molecule has 2 rings (SSSR count). The maximum absolute atomic E-state index is 11.8. The van der Waals surface area contributed by atoms with Crippen molar-refractivity contribution in [3.63, 3.8) is 0 Å². The Labute approximate surface area is 136 Å². The van der Waals surface area contributed by atoms with Gasteiger partial charge in [-0.05, 0) is 23.3 Å². The summed E-state index contributed by atoms with van der Waals surface area (Å²) in [5.41, 5.74) is 2.87. The molecule has 0 fully saturated rings. The normalized spacial score (nSPS) is 10.2. The van der Waals surface area contributed by atoms with Crippen molar-refractivity contribution in [1.82, 2.24) is 10.6 Å². The van der Waals surface area contributed by atoms with Gasteiger partial charge in [0.1, 0.15) is 0 Å². The molecule has 5 nitrogen and oxygen atoms in total. The number of aliphatic hydroxyl groups excluding tert-OH is 1. The van der Waals surface area contributed by atoms with Crippen LogP contribution in [0.4, 0.5) is 10.5 Å². The lowest BCUT2D eigenvalue weighted by Gasteiger charge is -2.19. The van der Waals surface area contributed by atoms with E-state index < -0.39 is 0 Å². The standard InChI is InChI=1S/C18H23N3O2/c1-21(17-9-3-2-4-10-17)12-11-19-18(23)20-13-15-7-5-6-8-16(15)14-22/h2-10,22H,11-14H2,1H3,(H2,19,20,23). The number of para-hydroxylation sites is 1. The second-order valence-corrected chi connectivity index (χ2v) is 5.29. The fraction of sp³-hybridized carbons (Fsp3) is 0.278. The summed E-state index contributed by atoms with van der Waals surface area (Å²) in [5, 5.41) is 14.9. The summed E-state index contributed by atoms with van der Waals surface area (Å²) < 4.78 is 0. The third-order valence-corrected chi connectivity index (χ3v) is 3.66. The molecule has 0 aromatic heterocycles. The van der Waals surface area contributed by atoms with Crippen molar-refractivity contribution in [3.05, 3.63) is 65.7 Å². The van der Waals surface area contributed by atoms with Gasteiger partial charge in [-0.2, -0.15) is 0 Å². The summed E-state index contributed by atoms with van der Waals surface area (Å²) >= 11 is 0. The van der Waals surface area contributed by atoms with Crippen molar-refractivity contribution >= 4 is 11.7 Å². The molecule has 2 aromatic carbocycles. The van der Waals surface area contributed by atoms with Gasteiger partial charge in [0.25, 0.3) is 0 Å². The van der Waals surface area contributed by atoms with Gasteiger partial charge in [0, 0.05) is 32.4 Å². The van der Waals surface area contributed by atoms with Crippen molar-refractivity contribution in [2.75, 3.05) is 25.0 Å². The van der Waals surface area contributed by atoms with Crippen LogP contribution in [0.15, 0.2) is 54.6 Å². The highest BCUT2D eigenvalue weighted by atomic mass is 16.3. The molecular formula is C18H23N3O2. The molecule has 3 N–H and O–H groups in total. The lowest BCUT2D eigenvalue weighted by molar-refractivity contribution is 0.240. The molecule has 5 heteroatoms. The maximum atomic E-state index is 11.8. The topological polar surface area (TPSA) is 64.6 Å². The first-order chi connectivity index (χ1) is 11.2. The second-order valence-electron chi connectivity index (χ2n) is 5.29. The average Bonchev–Trinajstić information content (AvgIpc) is 2.60. The van der Waals surface area contributed by atoms with E-state index in [-0.39, 0.29) is 12.6 Å². The van der Waals surface area contributed by atoms with E-state index in [0.29, 0.717) is 13.1 Å². The quantitative estimate of drug-likeness (QED) is 0.733. The number of hydrogen-bond acceptors (Lipinski definition) is 3. The molecule has 0 saturated carbocycles. The third-order valence-electron chi connectivity index (χ3n) is 3.66. The number of carbonyl (C=O) groups excluding carboxylic acids is 1. The first-order valence-corrected chi connectivity index (χ1v) is 7.66. The molecule has 0 aliphatic heterocycles. The Morgan fingerprint density at radius 2 is 1.65 bits per heavy atom. The fourth-order valence-electron chi connectivity index (χ4n) is 2.27. The first kappa shape index (κ1) is 16.8. The zero-order chi connectivity index (χ0) is 16.5. The van der Waals surface area contributed by atoms with Crippen molar-refractivity contribution in [3.8, 4) is 0 Å². The van der Waals surface area contributed by atoms with Crippen LogP contribution in [0.5, 0.6) is 0 Å². The zero-order valence-electron chi connectivity index (χ0n) is 13.3. The van der Waals surface area contributed by atoms with Crippen molar-refractivity contribution in [2.45, 2.75) is 13.2 Å². The van der Waals surface area contributed by atoms with Gasteiger partial charge in [0.2, 0.25) is 0 Å². The molecule has 0 atom stereocenters. The Morgan fingerprint density at radius 3 is 2.35 bits per heavy atom. The highest BCUT2D eigenvalue weighted by Gasteiger charge is 2.04. The predicted octanol–water partition coefficient (Wildman–Crippen LogP) is 2.11. The largest absolute Gasteiger partial charge is 0.392 e. The maximum Gasteiger partial charge on any atom is 0.315 e. The molecule has 2 aromatic rings. The van der Waals surface area contributed by atoms with Crippen LogP contribution in [0.1, 0.15) is 11.1 Å². The third kappa shape index (κ3) is 5.30. The van der Waals surface area contributed by atoms with Crippen LogP contribution in [-0.4, -0.2) is 31.3 Å². The van der Waals surface area contributed by atoms with Gasteiger partial charge in [-0.15, -0.1) is 0 Å². The number of aliphatic hydroxyl groups is 1. The number of nitrogens with zero attached hydrogens (tertiary/aromatic N) is 1. The Hall–Kier alpha value is -2.53. The van der Waals surface area contributed by atoms with Crippen LogP contribution in [0.2, 0.25) is 0 Å². The number of anilines is 1. The molecule has 0 heterocycles. The Kier molecular flexibility index (Phi) is 6.44. The second kappa shape index (κ2) is 8.80. The molecule has 122 valence electrons. The van der Waals surface area contributed by atoms with E-state index in [1.165, 1.54) is 0 Å². The van der Waals surface area contributed by atoms with E-state index in [4.69, 9.17) is 0 Å². The summed E-state index contributed by atoms with van der Waals surface area (Å²) in [6.07, 6.45) is 0. The first-order valence-electron chi connectivity index (χ1n) is 7.66. The van der Waals surface area contributed by atoms with Crippen LogP contribution in [-0.2, 0) is 13.2 Å². The number of urea groups is 1. The summed E-state index contributed by atoms with van der Waals surface area (Å²) in [5.74, 6) is 0. The van der Waals surface area contributed by atoms with Gasteiger partial charge >= 0.3 is 6.03 Å². The molecule has 0 bridgehead atoms.